The van der Waals surface area contributed by atoms with Crippen LogP contribution in [-0.2, 0) is 0 Å². The molecule has 0 unspecified atom stereocenters. The number of hydrogen-bond donors (Lipinski definition) is 2. The normalized spacial score (nSPS) is 10.3. The van der Waals surface area contributed by atoms with Crippen molar-refractivity contribution in [2.24, 2.45) is 0 Å². The first-order chi connectivity index (χ1) is 11.2. The Morgan fingerprint density at radius 1 is 1.26 bits per heavy atom. The van der Waals surface area contributed by atoms with Crippen LogP contribution in [0.1, 0.15) is 10.4 Å². The van der Waals surface area contributed by atoms with Crippen LogP contribution in [0.15, 0.2) is 42.5 Å². The lowest BCUT2D eigenvalue weighted by molar-refractivity contribution is 0.102. The number of rotatable bonds is 4. The standard InChI is InChI=1S/C15H12FN5O2/c1-23-11-5-6-12(13(16)8-11)15(22)17-10-4-2-3-9(7-10)14-18-20-21-19-14/h2-8H,1H3,(H,17,22)(H,18,19,20,21). The quantitative estimate of drug-likeness (QED) is 0.770. The second-order valence-corrected chi connectivity index (χ2v) is 4.62. The highest BCUT2D eigenvalue weighted by atomic mass is 19.1. The van der Waals surface area contributed by atoms with E-state index in [1.165, 1.54) is 19.2 Å². The number of tetrazole rings is 1. The van der Waals surface area contributed by atoms with Gasteiger partial charge in [-0.25, -0.2) is 4.39 Å². The molecule has 23 heavy (non-hydrogen) atoms. The van der Waals surface area contributed by atoms with Crippen LogP contribution in [0.3, 0.4) is 0 Å². The molecule has 116 valence electrons. The highest BCUT2D eigenvalue weighted by Gasteiger charge is 2.13. The summed E-state index contributed by atoms with van der Waals surface area (Å²) in [6.07, 6.45) is 0. The maximum absolute atomic E-state index is 13.9. The molecular formula is C15H12FN5O2. The van der Waals surface area contributed by atoms with Gasteiger partial charge in [-0.05, 0) is 29.5 Å². The number of anilines is 1. The van der Waals surface area contributed by atoms with E-state index >= 15 is 0 Å². The summed E-state index contributed by atoms with van der Waals surface area (Å²) in [6, 6.07) is 10.9. The molecule has 7 nitrogen and oxygen atoms in total. The minimum Gasteiger partial charge on any atom is -0.497 e. The maximum Gasteiger partial charge on any atom is 0.258 e. The van der Waals surface area contributed by atoms with Crippen molar-refractivity contribution in [2.45, 2.75) is 0 Å². The van der Waals surface area contributed by atoms with E-state index in [1.807, 2.05) is 0 Å². The zero-order valence-electron chi connectivity index (χ0n) is 12.1. The molecule has 0 aliphatic carbocycles. The van der Waals surface area contributed by atoms with E-state index in [1.54, 1.807) is 24.3 Å². The smallest absolute Gasteiger partial charge is 0.258 e. The minimum absolute atomic E-state index is 0.0734. The molecule has 0 fully saturated rings. The first kappa shape index (κ1) is 14.6. The van der Waals surface area contributed by atoms with Gasteiger partial charge in [-0.2, -0.15) is 5.21 Å². The van der Waals surface area contributed by atoms with Crippen LogP contribution in [0.4, 0.5) is 10.1 Å². The Bertz CT molecular complexity index is 836. The maximum atomic E-state index is 13.9. The molecule has 2 N–H and O–H groups in total. The van der Waals surface area contributed by atoms with Crippen molar-refractivity contribution in [3.63, 3.8) is 0 Å². The minimum atomic E-state index is -0.656. The SMILES string of the molecule is COc1ccc(C(=O)Nc2cccc(-c3nn[nH]n3)c2)c(F)c1. The lowest BCUT2D eigenvalue weighted by atomic mass is 10.1. The van der Waals surface area contributed by atoms with E-state index in [-0.39, 0.29) is 5.56 Å². The molecule has 8 heteroatoms. The van der Waals surface area contributed by atoms with Gasteiger partial charge >= 0.3 is 0 Å². The number of H-pyrrole nitrogens is 1. The molecule has 1 heterocycles. The van der Waals surface area contributed by atoms with Crippen LogP contribution in [0.2, 0.25) is 0 Å². The first-order valence-electron chi connectivity index (χ1n) is 6.66. The third-order valence-corrected chi connectivity index (χ3v) is 3.14. The van der Waals surface area contributed by atoms with Crippen molar-refractivity contribution < 1.29 is 13.9 Å². The average molecular weight is 313 g/mol. The lowest BCUT2D eigenvalue weighted by Gasteiger charge is -2.08. The Labute approximate surface area is 130 Å². The van der Waals surface area contributed by atoms with Gasteiger partial charge in [-0.15, -0.1) is 10.2 Å². The monoisotopic (exact) mass is 313 g/mol. The van der Waals surface area contributed by atoms with Crippen molar-refractivity contribution >= 4 is 11.6 Å². The van der Waals surface area contributed by atoms with Crippen molar-refractivity contribution in [2.75, 3.05) is 12.4 Å². The zero-order chi connectivity index (χ0) is 16.2. The summed E-state index contributed by atoms with van der Waals surface area (Å²) in [5, 5.41) is 16.2. The predicted octanol–water partition coefficient (Wildman–Crippen LogP) is 2.27. The predicted molar refractivity (Wildman–Crippen MR) is 80.5 cm³/mol. The number of ether oxygens (including phenoxy) is 1. The molecule has 0 aliphatic heterocycles. The van der Waals surface area contributed by atoms with E-state index < -0.39 is 11.7 Å². The Kier molecular flexibility index (Phi) is 3.96. The van der Waals surface area contributed by atoms with Gasteiger partial charge in [-0.1, -0.05) is 12.1 Å². The fraction of sp³-hybridized carbons (Fsp3) is 0.0667. The first-order valence-corrected chi connectivity index (χ1v) is 6.66. The van der Waals surface area contributed by atoms with Gasteiger partial charge in [0.25, 0.3) is 5.91 Å². The molecule has 0 saturated heterocycles. The summed E-state index contributed by atoms with van der Waals surface area (Å²) >= 11 is 0. The molecule has 0 atom stereocenters. The number of nitrogens with zero attached hydrogens (tertiary/aromatic N) is 3. The van der Waals surface area contributed by atoms with Gasteiger partial charge in [0.05, 0.1) is 12.7 Å². The summed E-state index contributed by atoms with van der Waals surface area (Å²) in [6.45, 7) is 0. The Morgan fingerprint density at radius 3 is 2.83 bits per heavy atom. The van der Waals surface area contributed by atoms with E-state index in [0.29, 0.717) is 22.8 Å². The molecule has 0 radical (unpaired) electrons. The second-order valence-electron chi connectivity index (χ2n) is 4.62. The van der Waals surface area contributed by atoms with Gasteiger partial charge in [0.2, 0.25) is 5.82 Å². The van der Waals surface area contributed by atoms with Gasteiger partial charge in [-0.3, -0.25) is 4.79 Å². The van der Waals surface area contributed by atoms with Crippen molar-refractivity contribution in [1.82, 2.24) is 20.6 Å². The van der Waals surface area contributed by atoms with Crippen LogP contribution < -0.4 is 10.1 Å². The van der Waals surface area contributed by atoms with E-state index in [2.05, 4.69) is 25.9 Å². The Hall–Kier alpha value is -3.29. The number of aromatic amines is 1. The van der Waals surface area contributed by atoms with Gasteiger partial charge < -0.3 is 10.1 Å². The molecule has 0 saturated carbocycles. The fourth-order valence-electron chi connectivity index (χ4n) is 2.03. The number of hydrogen-bond acceptors (Lipinski definition) is 5. The van der Waals surface area contributed by atoms with Crippen LogP contribution in [0.5, 0.6) is 5.75 Å². The van der Waals surface area contributed by atoms with Crippen molar-refractivity contribution in [1.29, 1.82) is 0 Å². The Morgan fingerprint density at radius 2 is 2.13 bits per heavy atom. The molecular weight excluding hydrogens is 301 g/mol. The molecule has 0 bridgehead atoms. The number of amides is 1. The third kappa shape index (κ3) is 3.15. The molecule has 2 aromatic carbocycles. The summed E-state index contributed by atoms with van der Waals surface area (Å²) in [5.74, 6) is -0.471. The summed E-state index contributed by atoms with van der Waals surface area (Å²) in [4.78, 5) is 12.2. The Balaban J connectivity index is 1.82. The molecule has 0 spiro atoms. The van der Waals surface area contributed by atoms with Crippen LogP contribution in [0, 0.1) is 5.82 Å². The van der Waals surface area contributed by atoms with E-state index in [0.717, 1.165) is 6.07 Å². The number of methoxy groups -OCH3 is 1. The van der Waals surface area contributed by atoms with Crippen molar-refractivity contribution in [3.8, 4) is 17.1 Å². The number of carbonyl (C=O) groups is 1. The second kappa shape index (κ2) is 6.22. The van der Waals surface area contributed by atoms with Crippen molar-refractivity contribution in [3.05, 3.63) is 53.8 Å². The number of nitrogens with one attached hydrogen (secondary N) is 2. The van der Waals surface area contributed by atoms with E-state index in [9.17, 15) is 9.18 Å². The fourth-order valence-corrected chi connectivity index (χ4v) is 2.03. The molecule has 1 amide bonds. The largest absolute Gasteiger partial charge is 0.497 e. The number of aromatic nitrogens is 4. The lowest BCUT2D eigenvalue weighted by Crippen LogP contribution is -2.13. The van der Waals surface area contributed by atoms with Crippen LogP contribution in [0.25, 0.3) is 11.4 Å². The van der Waals surface area contributed by atoms with Gasteiger partial charge in [0, 0.05) is 17.3 Å². The zero-order valence-corrected chi connectivity index (χ0v) is 12.1. The van der Waals surface area contributed by atoms with Gasteiger partial charge in [0.15, 0.2) is 0 Å². The summed E-state index contributed by atoms with van der Waals surface area (Å²) < 4.78 is 18.8. The highest BCUT2D eigenvalue weighted by Crippen LogP contribution is 2.21. The van der Waals surface area contributed by atoms with E-state index in [4.69, 9.17) is 4.74 Å². The highest BCUT2D eigenvalue weighted by molar-refractivity contribution is 6.04. The summed E-state index contributed by atoms with van der Waals surface area (Å²) in [5.41, 5.74) is 1.09. The average Bonchev–Trinajstić information content (AvgIpc) is 3.09. The van der Waals surface area contributed by atoms with Gasteiger partial charge in [0.1, 0.15) is 11.6 Å². The molecule has 3 aromatic rings. The molecule has 0 aliphatic rings. The molecule has 3 rings (SSSR count). The van der Waals surface area contributed by atoms with Crippen LogP contribution >= 0.6 is 0 Å². The number of carbonyl (C=O) groups excluding carboxylic acids is 1. The third-order valence-electron chi connectivity index (χ3n) is 3.14. The topological polar surface area (TPSA) is 92.8 Å². The number of halogens is 1. The number of benzene rings is 2. The molecule has 1 aromatic heterocycles. The van der Waals surface area contributed by atoms with Crippen LogP contribution in [-0.4, -0.2) is 33.6 Å². The summed E-state index contributed by atoms with van der Waals surface area (Å²) in [7, 11) is 1.43.